The third-order valence-electron chi connectivity index (χ3n) is 5.82. The number of rotatable bonds is 7. The molecule has 7 heteroatoms. The Morgan fingerprint density at radius 3 is 2.00 bits per heavy atom. The Bertz CT molecular complexity index is 1220. The highest BCUT2D eigenvalue weighted by atomic mass is 32.2. The van der Waals surface area contributed by atoms with Crippen molar-refractivity contribution in [1.82, 2.24) is 4.31 Å². The molecule has 0 N–H and O–H groups in total. The molecule has 0 heterocycles. The van der Waals surface area contributed by atoms with Crippen molar-refractivity contribution in [2.75, 3.05) is 20.5 Å². The van der Waals surface area contributed by atoms with Gasteiger partial charge >= 0.3 is 0 Å². The van der Waals surface area contributed by atoms with Crippen molar-refractivity contribution in [3.63, 3.8) is 0 Å². The number of para-hydroxylation sites is 1. The summed E-state index contributed by atoms with van der Waals surface area (Å²) >= 11 is 0. The summed E-state index contributed by atoms with van der Waals surface area (Å²) in [5, 5.41) is 0. The summed E-state index contributed by atoms with van der Waals surface area (Å²) < 4.78 is 36.9. The van der Waals surface area contributed by atoms with Crippen LogP contribution >= 0.6 is 0 Å². The predicted molar refractivity (Wildman–Crippen MR) is 123 cm³/mol. The Morgan fingerprint density at radius 1 is 0.875 bits per heavy atom. The van der Waals surface area contributed by atoms with Crippen LogP contribution < -0.4 is 9.47 Å². The molecule has 0 aromatic heterocycles. The predicted octanol–water partition coefficient (Wildman–Crippen LogP) is 4.19. The molecule has 0 aliphatic heterocycles. The van der Waals surface area contributed by atoms with Crippen molar-refractivity contribution in [3.8, 4) is 22.6 Å². The number of hydrogen-bond acceptors (Lipinski definition) is 5. The zero-order valence-electron chi connectivity index (χ0n) is 18.2. The van der Waals surface area contributed by atoms with Crippen molar-refractivity contribution in [1.29, 1.82) is 0 Å². The lowest BCUT2D eigenvalue weighted by Gasteiger charge is -2.24. The number of carbonyl (C=O) groups excluding carboxylic acids is 1. The molecule has 1 aliphatic carbocycles. The smallest absolute Gasteiger partial charge is 0.237 e. The number of benzene rings is 3. The summed E-state index contributed by atoms with van der Waals surface area (Å²) in [5.74, 6) is 0.220. The Kier molecular flexibility index (Phi) is 5.93. The fourth-order valence-corrected chi connectivity index (χ4v) is 5.20. The van der Waals surface area contributed by atoms with Crippen LogP contribution in [0.4, 0.5) is 0 Å². The summed E-state index contributed by atoms with van der Waals surface area (Å²) in [6.07, 6.45) is 1.10. The molecule has 0 saturated carbocycles. The zero-order chi connectivity index (χ0) is 22.9. The molecule has 6 nitrogen and oxygen atoms in total. The average Bonchev–Trinajstić information content (AvgIpc) is 3.10. The number of nitrogens with zero attached hydrogens (tertiary/aromatic N) is 1. The number of methoxy groups -OCH3 is 2. The minimum atomic E-state index is -3.82. The van der Waals surface area contributed by atoms with E-state index in [2.05, 4.69) is 0 Å². The molecule has 1 aliphatic rings. The Morgan fingerprint density at radius 2 is 1.47 bits per heavy atom. The van der Waals surface area contributed by atoms with E-state index in [4.69, 9.17) is 9.47 Å². The molecule has 0 saturated heterocycles. The summed E-state index contributed by atoms with van der Waals surface area (Å²) in [7, 11) is -0.819. The van der Waals surface area contributed by atoms with Crippen LogP contribution in [0.2, 0.25) is 0 Å². The van der Waals surface area contributed by atoms with E-state index < -0.39 is 15.9 Å². The molecule has 0 atom stereocenters. The van der Waals surface area contributed by atoms with Gasteiger partial charge in [-0.05, 0) is 28.3 Å². The highest BCUT2D eigenvalue weighted by molar-refractivity contribution is 7.88. The maximum absolute atomic E-state index is 13.4. The normalized spacial score (nSPS) is 12.7. The first-order chi connectivity index (χ1) is 15.3. The van der Waals surface area contributed by atoms with Gasteiger partial charge in [0, 0.05) is 17.9 Å². The fourth-order valence-electron chi connectivity index (χ4n) is 4.38. The third-order valence-corrected chi connectivity index (χ3v) is 6.95. The molecule has 166 valence electrons. The van der Waals surface area contributed by atoms with Gasteiger partial charge < -0.3 is 9.47 Å². The highest BCUT2D eigenvalue weighted by Crippen LogP contribution is 2.46. The molecule has 3 aromatic carbocycles. The molecule has 1 amide bonds. The summed E-state index contributed by atoms with van der Waals surface area (Å²) in [4.78, 5) is 13.4. The van der Waals surface area contributed by atoms with Crippen LogP contribution in [0.5, 0.6) is 11.5 Å². The van der Waals surface area contributed by atoms with Crippen molar-refractivity contribution >= 4 is 15.9 Å². The number of ether oxygens (including phenoxy) is 2. The first-order valence-electron chi connectivity index (χ1n) is 10.2. The van der Waals surface area contributed by atoms with Gasteiger partial charge in [0.15, 0.2) is 11.5 Å². The van der Waals surface area contributed by atoms with Gasteiger partial charge in [-0.3, -0.25) is 4.79 Å². The minimum Gasteiger partial charge on any atom is -0.493 e. The van der Waals surface area contributed by atoms with E-state index in [1.54, 1.807) is 18.2 Å². The van der Waals surface area contributed by atoms with Crippen molar-refractivity contribution in [2.24, 2.45) is 0 Å². The second-order valence-electron chi connectivity index (χ2n) is 7.75. The molecular weight excluding hydrogens is 426 g/mol. The molecule has 0 radical (unpaired) electrons. The lowest BCUT2D eigenvalue weighted by atomic mass is 9.93. The average molecular weight is 452 g/mol. The van der Waals surface area contributed by atoms with Gasteiger partial charge in [-0.25, -0.2) is 12.7 Å². The van der Waals surface area contributed by atoms with Gasteiger partial charge in [0.1, 0.15) is 0 Å². The van der Waals surface area contributed by atoms with Gasteiger partial charge in [0.25, 0.3) is 0 Å². The molecule has 3 aromatic rings. The number of carbonyl (C=O) groups is 1. The van der Waals surface area contributed by atoms with Crippen LogP contribution in [0.3, 0.4) is 0 Å². The molecular formula is C25H25NO5S. The Balaban J connectivity index is 1.68. The van der Waals surface area contributed by atoms with E-state index in [1.807, 2.05) is 48.5 Å². The fraction of sp³-hybridized carbons (Fsp3) is 0.240. The second kappa shape index (κ2) is 8.67. The van der Waals surface area contributed by atoms with Crippen LogP contribution in [0.25, 0.3) is 11.1 Å². The highest BCUT2D eigenvalue weighted by Gasteiger charge is 2.33. The monoisotopic (exact) mass is 451 g/mol. The van der Waals surface area contributed by atoms with E-state index in [0.29, 0.717) is 17.1 Å². The SMILES string of the molecule is COc1cccc(CN(C(=O)CC2c3ccccc3-c3ccccc32)S(C)(=O)=O)c1OC. The lowest BCUT2D eigenvalue weighted by molar-refractivity contribution is -0.127. The standard InChI is InChI=1S/C25H25NO5S/c1-30-23-14-8-9-17(25(23)31-2)16-26(32(3,28)29)24(27)15-22-20-12-6-4-10-18(20)19-11-5-7-13-21(19)22/h4-14,22H,15-16H2,1-3H3. The van der Waals surface area contributed by atoms with Gasteiger partial charge in [-0.15, -0.1) is 0 Å². The van der Waals surface area contributed by atoms with Crippen LogP contribution in [0.15, 0.2) is 66.7 Å². The molecule has 4 rings (SSSR count). The first kappa shape index (κ1) is 21.9. The van der Waals surface area contributed by atoms with Gasteiger partial charge in [-0.2, -0.15) is 0 Å². The number of amides is 1. The van der Waals surface area contributed by atoms with Crippen LogP contribution in [0.1, 0.15) is 29.0 Å². The van der Waals surface area contributed by atoms with Crippen molar-refractivity contribution in [2.45, 2.75) is 18.9 Å². The third kappa shape index (κ3) is 3.96. The minimum absolute atomic E-state index is 0.0490. The van der Waals surface area contributed by atoms with E-state index >= 15 is 0 Å². The van der Waals surface area contributed by atoms with Gasteiger partial charge in [0.2, 0.25) is 15.9 Å². The van der Waals surface area contributed by atoms with E-state index in [9.17, 15) is 13.2 Å². The van der Waals surface area contributed by atoms with Crippen molar-refractivity contribution < 1.29 is 22.7 Å². The van der Waals surface area contributed by atoms with E-state index in [-0.39, 0.29) is 18.9 Å². The topological polar surface area (TPSA) is 72.9 Å². The molecule has 32 heavy (non-hydrogen) atoms. The van der Waals surface area contributed by atoms with Crippen molar-refractivity contribution in [3.05, 3.63) is 83.4 Å². The molecule has 0 bridgehead atoms. The quantitative estimate of drug-likeness (QED) is 0.539. The van der Waals surface area contributed by atoms with Crippen LogP contribution in [0, 0.1) is 0 Å². The zero-order valence-corrected chi connectivity index (χ0v) is 19.1. The number of fused-ring (bicyclic) bond motifs is 3. The number of hydrogen-bond donors (Lipinski definition) is 0. The van der Waals surface area contributed by atoms with E-state index in [1.165, 1.54) is 14.2 Å². The number of sulfonamides is 1. The maximum atomic E-state index is 13.4. The Hall–Kier alpha value is -3.32. The van der Waals surface area contributed by atoms with E-state index in [0.717, 1.165) is 32.8 Å². The lowest BCUT2D eigenvalue weighted by Crippen LogP contribution is -2.36. The second-order valence-corrected chi connectivity index (χ2v) is 9.65. The van der Waals surface area contributed by atoms with Crippen LogP contribution in [-0.2, 0) is 21.4 Å². The Labute approximate surface area is 188 Å². The molecule has 0 spiro atoms. The van der Waals surface area contributed by atoms with Crippen LogP contribution in [-0.4, -0.2) is 39.1 Å². The summed E-state index contributed by atoms with van der Waals surface area (Å²) in [6.45, 7) is -0.131. The largest absolute Gasteiger partial charge is 0.493 e. The summed E-state index contributed by atoms with van der Waals surface area (Å²) in [6, 6.07) is 21.1. The first-order valence-corrected chi connectivity index (χ1v) is 12.1. The molecule has 0 fully saturated rings. The van der Waals surface area contributed by atoms with Gasteiger partial charge in [0.05, 0.1) is 27.0 Å². The maximum Gasteiger partial charge on any atom is 0.237 e. The van der Waals surface area contributed by atoms with Gasteiger partial charge in [-0.1, -0.05) is 60.7 Å². The summed E-state index contributed by atoms with van der Waals surface area (Å²) in [5.41, 5.74) is 4.80. The molecule has 0 unspecified atom stereocenters.